The fourth-order valence-corrected chi connectivity index (χ4v) is 3.05. The lowest BCUT2D eigenvalue weighted by molar-refractivity contribution is -0.0292. The van der Waals surface area contributed by atoms with Gasteiger partial charge >= 0.3 is 0 Å². The Kier molecular flexibility index (Phi) is 6.20. The van der Waals surface area contributed by atoms with Crippen molar-refractivity contribution in [3.05, 3.63) is 65.5 Å². The van der Waals surface area contributed by atoms with E-state index in [4.69, 9.17) is 9.47 Å². The Hall–Kier alpha value is -2.44. The summed E-state index contributed by atoms with van der Waals surface area (Å²) in [7, 11) is 1.45. The van der Waals surface area contributed by atoms with E-state index in [-0.39, 0.29) is 17.6 Å². The molecule has 0 aliphatic carbocycles. The zero-order valence-corrected chi connectivity index (χ0v) is 14.8. The zero-order valence-electron chi connectivity index (χ0n) is 14.8. The fourth-order valence-electron chi connectivity index (χ4n) is 3.05. The van der Waals surface area contributed by atoms with Gasteiger partial charge in [-0.2, -0.15) is 0 Å². The number of hydrogen-bond donors (Lipinski definition) is 1. The van der Waals surface area contributed by atoms with Crippen molar-refractivity contribution >= 4 is 5.91 Å². The number of rotatable bonds is 6. The maximum absolute atomic E-state index is 13.4. The van der Waals surface area contributed by atoms with Gasteiger partial charge in [-0.25, -0.2) is 4.39 Å². The smallest absolute Gasteiger partial charge is 0.255 e. The molecule has 0 aromatic heterocycles. The molecule has 2 aromatic carbocycles. The van der Waals surface area contributed by atoms with E-state index in [0.717, 1.165) is 19.6 Å². The second kappa shape index (κ2) is 8.78. The molecular formula is C20H23FN2O3. The first kappa shape index (κ1) is 18.4. The third kappa shape index (κ3) is 4.80. The molecule has 1 aliphatic rings. The first-order valence-corrected chi connectivity index (χ1v) is 8.65. The minimum Gasteiger partial charge on any atom is -0.496 e. The highest BCUT2D eigenvalue weighted by atomic mass is 19.1. The van der Waals surface area contributed by atoms with Crippen molar-refractivity contribution in [2.45, 2.75) is 12.6 Å². The number of halogens is 1. The number of ether oxygens (including phenoxy) is 2. The Bertz CT molecular complexity index is 739. The predicted octanol–water partition coefficient (Wildman–Crippen LogP) is 2.47. The molecule has 6 heteroatoms. The van der Waals surface area contributed by atoms with Crippen LogP contribution in [0.5, 0.6) is 5.75 Å². The number of carbonyl (C=O) groups is 1. The highest BCUT2D eigenvalue weighted by Gasteiger charge is 2.22. The summed E-state index contributed by atoms with van der Waals surface area (Å²) in [5.74, 6) is -0.497. The van der Waals surface area contributed by atoms with Crippen molar-refractivity contribution in [2.75, 3.05) is 33.4 Å². The van der Waals surface area contributed by atoms with Crippen LogP contribution >= 0.6 is 0 Å². The molecule has 1 N–H and O–H groups in total. The molecule has 1 saturated heterocycles. The molecule has 0 bridgehead atoms. The number of amides is 1. The van der Waals surface area contributed by atoms with E-state index in [1.165, 1.54) is 30.9 Å². The molecule has 1 amide bonds. The fraction of sp³-hybridized carbons (Fsp3) is 0.350. The summed E-state index contributed by atoms with van der Waals surface area (Å²) in [6, 6.07) is 14.1. The highest BCUT2D eigenvalue weighted by molar-refractivity contribution is 5.96. The van der Waals surface area contributed by atoms with E-state index >= 15 is 0 Å². The highest BCUT2D eigenvalue weighted by Crippen LogP contribution is 2.19. The molecule has 138 valence electrons. The van der Waals surface area contributed by atoms with Gasteiger partial charge in [0.25, 0.3) is 5.91 Å². The van der Waals surface area contributed by atoms with Gasteiger partial charge < -0.3 is 14.8 Å². The van der Waals surface area contributed by atoms with Crippen LogP contribution in [0.1, 0.15) is 15.9 Å². The van der Waals surface area contributed by atoms with Gasteiger partial charge in [0.15, 0.2) is 0 Å². The van der Waals surface area contributed by atoms with Gasteiger partial charge in [-0.1, -0.05) is 30.3 Å². The number of morpholine rings is 1. The number of benzene rings is 2. The SMILES string of the molecule is COc1ccc(F)cc1C(=O)NCC1CN(Cc2ccccc2)CCO1. The lowest BCUT2D eigenvalue weighted by Crippen LogP contribution is -2.47. The maximum atomic E-state index is 13.4. The van der Waals surface area contributed by atoms with Gasteiger partial charge in [0.05, 0.1) is 25.4 Å². The zero-order chi connectivity index (χ0) is 18.4. The number of carbonyl (C=O) groups excluding carboxylic acids is 1. The predicted molar refractivity (Wildman–Crippen MR) is 96.7 cm³/mol. The summed E-state index contributed by atoms with van der Waals surface area (Å²) >= 11 is 0. The van der Waals surface area contributed by atoms with Crippen LogP contribution in [-0.2, 0) is 11.3 Å². The Labute approximate surface area is 152 Å². The molecule has 5 nitrogen and oxygen atoms in total. The largest absolute Gasteiger partial charge is 0.496 e. The monoisotopic (exact) mass is 358 g/mol. The van der Waals surface area contributed by atoms with E-state index in [1.807, 2.05) is 18.2 Å². The van der Waals surface area contributed by atoms with Gasteiger partial charge in [0, 0.05) is 26.2 Å². The standard InChI is InChI=1S/C20H23FN2O3/c1-25-19-8-7-16(21)11-18(19)20(24)22-12-17-14-23(9-10-26-17)13-15-5-3-2-4-6-15/h2-8,11,17H,9-10,12-14H2,1H3,(H,22,24). The molecule has 1 unspecified atom stereocenters. The normalized spacial score (nSPS) is 17.7. The van der Waals surface area contributed by atoms with Crippen LogP contribution in [0.4, 0.5) is 4.39 Å². The van der Waals surface area contributed by atoms with E-state index in [1.54, 1.807) is 0 Å². The van der Waals surface area contributed by atoms with Gasteiger partial charge in [-0.05, 0) is 23.8 Å². The van der Waals surface area contributed by atoms with Gasteiger partial charge in [-0.3, -0.25) is 9.69 Å². The van der Waals surface area contributed by atoms with Crippen molar-refractivity contribution in [3.8, 4) is 5.75 Å². The van der Waals surface area contributed by atoms with Crippen LogP contribution < -0.4 is 10.1 Å². The van der Waals surface area contributed by atoms with Crippen LogP contribution in [0.15, 0.2) is 48.5 Å². The molecule has 1 fully saturated rings. The van der Waals surface area contributed by atoms with Crippen LogP contribution in [-0.4, -0.2) is 50.3 Å². The molecule has 2 aromatic rings. The second-order valence-electron chi connectivity index (χ2n) is 6.27. The van der Waals surface area contributed by atoms with Crippen LogP contribution in [0.25, 0.3) is 0 Å². The summed E-state index contributed by atoms with van der Waals surface area (Å²) in [5, 5.41) is 2.82. The summed E-state index contributed by atoms with van der Waals surface area (Å²) in [4.78, 5) is 14.7. The van der Waals surface area contributed by atoms with Crippen molar-refractivity contribution < 1.29 is 18.7 Å². The quantitative estimate of drug-likeness (QED) is 0.862. The summed E-state index contributed by atoms with van der Waals surface area (Å²) in [6.07, 6.45) is -0.101. The Morgan fingerprint density at radius 3 is 2.88 bits per heavy atom. The Balaban J connectivity index is 1.54. The van der Waals surface area contributed by atoms with E-state index < -0.39 is 5.82 Å². The average Bonchev–Trinajstić information content (AvgIpc) is 2.67. The number of methoxy groups -OCH3 is 1. The van der Waals surface area contributed by atoms with Crippen molar-refractivity contribution in [2.24, 2.45) is 0 Å². The third-order valence-electron chi connectivity index (χ3n) is 4.37. The third-order valence-corrected chi connectivity index (χ3v) is 4.37. The van der Waals surface area contributed by atoms with Gasteiger partial charge in [0.1, 0.15) is 11.6 Å². The second-order valence-corrected chi connectivity index (χ2v) is 6.27. The minimum atomic E-state index is -0.473. The molecule has 1 heterocycles. The molecule has 0 spiro atoms. The van der Waals surface area contributed by atoms with Crippen LogP contribution in [0.3, 0.4) is 0 Å². The summed E-state index contributed by atoms with van der Waals surface area (Å²) in [5.41, 5.74) is 1.44. The topological polar surface area (TPSA) is 50.8 Å². The molecule has 1 aliphatic heterocycles. The summed E-state index contributed by atoms with van der Waals surface area (Å²) < 4.78 is 24.3. The first-order valence-electron chi connectivity index (χ1n) is 8.65. The Morgan fingerprint density at radius 1 is 1.31 bits per heavy atom. The molecule has 0 saturated carbocycles. The molecular weight excluding hydrogens is 335 g/mol. The average molecular weight is 358 g/mol. The van der Waals surface area contributed by atoms with Gasteiger partial charge in [0.2, 0.25) is 0 Å². The van der Waals surface area contributed by atoms with E-state index in [2.05, 4.69) is 22.3 Å². The van der Waals surface area contributed by atoms with Gasteiger partial charge in [-0.15, -0.1) is 0 Å². The van der Waals surface area contributed by atoms with E-state index in [0.29, 0.717) is 18.9 Å². The Morgan fingerprint density at radius 2 is 2.12 bits per heavy atom. The lowest BCUT2D eigenvalue weighted by Gasteiger charge is -2.33. The van der Waals surface area contributed by atoms with Crippen molar-refractivity contribution in [1.29, 1.82) is 0 Å². The van der Waals surface area contributed by atoms with Crippen molar-refractivity contribution in [1.82, 2.24) is 10.2 Å². The number of nitrogens with zero attached hydrogens (tertiary/aromatic N) is 1. The molecule has 26 heavy (non-hydrogen) atoms. The van der Waals surface area contributed by atoms with Crippen LogP contribution in [0.2, 0.25) is 0 Å². The lowest BCUT2D eigenvalue weighted by atomic mass is 10.1. The van der Waals surface area contributed by atoms with E-state index in [9.17, 15) is 9.18 Å². The number of nitrogens with one attached hydrogen (secondary N) is 1. The van der Waals surface area contributed by atoms with Crippen LogP contribution in [0, 0.1) is 5.82 Å². The minimum absolute atomic E-state index is 0.101. The van der Waals surface area contributed by atoms with Crippen molar-refractivity contribution in [3.63, 3.8) is 0 Å². The molecule has 0 radical (unpaired) electrons. The number of hydrogen-bond acceptors (Lipinski definition) is 4. The maximum Gasteiger partial charge on any atom is 0.255 e. The summed E-state index contributed by atoms with van der Waals surface area (Å²) in [6.45, 7) is 3.43. The molecule has 3 rings (SSSR count). The first-order chi connectivity index (χ1) is 12.7. The molecule has 1 atom stereocenters.